The van der Waals surface area contributed by atoms with Crippen molar-refractivity contribution in [1.82, 2.24) is 0 Å². The highest BCUT2D eigenvalue weighted by atomic mass is 32.3. The standard InChI is InChI=1S/C6H15NS/c1-3-8(2,7)6-4-5-6/h6H,3-5,7H2,1-2H3. The Kier molecular flexibility index (Phi) is 1.54. The highest BCUT2D eigenvalue weighted by Crippen LogP contribution is 2.52. The monoisotopic (exact) mass is 133 g/mol. The lowest BCUT2D eigenvalue weighted by Crippen LogP contribution is -2.15. The van der Waals surface area contributed by atoms with E-state index in [0.29, 0.717) is 0 Å². The molecule has 1 atom stereocenters. The number of nitrogens with two attached hydrogens (primary N) is 1. The fourth-order valence-electron chi connectivity index (χ4n) is 0.842. The van der Waals surface area contributed by atoms with E-state index in [4.69, 9.17) is 5.14 Å². The summed E-state index contributed by atoms with van der Waals surface area (Å²) in [6.45, 7) is 2.20. The van der Waals surface area contributed by atoms with Gasteiger partial charge in [-0.15, -0.1) is 0 Å². The molecule has 0 spiro atoms. The summed E-state index contributed by atoms with van der Waals surface area (Å²) in [5, 5.41) is 6.93. The molecule has 0 radical (unpaired) electrons. The van der Waals surface area contributed by atoms with Gasteiger partial charge in [0.1, 0.15) is 0 Å². The average Bonchev–Trinajstić information content (AvgIpc) is 2.44. The van der Waals surface area contributed by atoms with Gasteiger partial charge in [-0.3, -0.25) is 5.14 Å². The van der Waals surface area contributed by atoms with Gasteiger partial charge in [0, 0.05) is 5.25 Å². The van der Waals surface area contributed by atoms with Crippen molar-refractivity contribution in [2.45, 2.75) is 25.0 Å². The van der Waals surface area contributed by atoms with Crippen molar-refractivity contribution in [3.05, 3.63) is 0 Å². The van der Waals surface area contributed by atoms with Crippen molar-refractivity contribution >= 4 is 10.2 Å². The Morgan fingerprint density at radius 3 is 2.25 bits per heavy atom. The average molecular weight is 133 g/mol. The molecule has 2 N–H and O–H groups in total. The van der Waals surface area contributed by atoms with Gasteiger partial charge >= 0.3 is 0 Å². The third kappa shape index (κ3) is 1.17. The van der Waals surface area contributed by atoms with Gasteiger partial charge < -0.3 is 0 Å². The van der Waals surface area contributed by atoms with E-state index in [1.807, 2.05) is 0 Å². The van der Waals surface area contributed by atoms with Gasteiger partial charge in [-0.1, -0.05) is 6.92 Å². The molecule has 1 nitrogen and oxygen atoms in total. The minimum Gasteiger partial charge on any atom is -0.294 e. The van der Waals surface area contributed by atoms with E-state index in [2.05, 4.69) is 13.2 Å². The first-order chi connectivity index (χ1) is 3.67. The Bertz CT molecular complexity index is 86.5. The molecule has 0 aromatic carbocycles. The maximum atomic E-state index is 6.00. The Balaban J connectivity index is 2.37. The zero-order chi connectivity index (χ0) is 6.20. The molecule has 0 aliphatic heterocycles. The molecule has 0 aromatic rings. The number of hydrogen-bond donors (Lipinski definition) is 1. The normalized spacial score (nSPS) is 31.4. The third-order valence-corrected chi connectivity index (χ3v) is 5.15. The second kappa shape index (κ2) is 1.92. The molecular weight excluding hydrogens is 118 g/mol. The molecule has 1 aliphatic rings. The van der Waals surface area contributed by atoms with Crippen molar-refractivity contribution in [3.63, 3.8) is 0 Å². The van der Waals surface area contributed by atoms with E-state index >= 15 is 0 Å². The van der Waals surface area contributed by atoms with E-state index in [9.17, 15) is 0 Å². The van der Waals surface area contributed by atoms with E-state index in [0.717, 1.165) is 5.25 Å². The van der Waals surface area contributed by atoms with Crippen LogP contribution in [0.15, 0.2) is 0 Å². The van der Waals surface area contributed by atoms with Gasteiger partial charge in [0.15, 0.2) is 0 Å². The molecule has 0 aromatic heterocycles. The first-order valence-electron chi connectivity index (χ1n) is 3.19. The summed E-state index contributed by atoms with van der Waals surface area (Å²) in [6.07, 6.45) is 5.04. The first kappa shape index (κ1) is 6.43. The molecular formula is C6H15NS. The highest BCUT2D eigenvalue weighted by molar-refractivity contribution is 8.32. The van der Waals surface area contributed by atoms with E-state index < -0.39 is 10.2 Å². The SMILES string of the molecule is CCS(C)(N)C1CC1. The second-order valence-electron chi connectivity index (χ2n) is 2.72. The number of hydrogen-bond acceptors (Lipinski definition) is 1. The van der Waals surface area contributed by atoms with Gasteiger partial charge in [-0.05, 0) is 24.9 Å². The fraction of sp³-hybridized carbons (Fsp3) is 1.00. The molecule has 0 bridgehead atoms. The Labute approximate surface area is 53.1 Å². The van der Waals surface area contributed by atoms with E-state index in [-0.39, 0.29) is 0 Å². The molecule has 50 valence electrons. The van der Waals surface area contributed by atoms with Gasteiger partial charge in [0.05, 0.1) is 0 Å². The molecule has 0 heterocycles. The molecule has 2 heteroatoms. The quantitative estimate of drug-likeness (QED) is 0.606. The number of rotatable bonds is 2. The van der Waals surface area contributed by atoms with E-state index in [1.54, 1.807) is 0 Å². The van der Waals surface area contributed by atoms with Gasteiger partial charge in [-0.2, -0.15) is 10.2 Å². The molecule has 1 aliphatic carbocycles. The summed E-state index contributed by atoms with van der Waals surface area (Å²) in [5.74, 6) is 1.21. The van der Waals surface area contributed by atoms with Crippen LogP contribution in [-0.2, 0) is 0 Å². The summed E-state index contributed by atoms with van der Waals surface area (Å²) in [5.41, 5.74) is 0. The molecule has 0 saturated heterocycles. The largest absolute Gasteiger partial charge is 0.294 e. The van der Waals surface area contributed by atoms with Crippen molar-refractivity contribution in [3.8, 4) is 0 Å². The van der Waals surface area contributed by atoms with Crippen LogP contribution >= 0.6 is 10.2 Å². The molecule has 1 rings (SSSR count). The summed E-state index contributed by atoms with van der Waals surface area (Å²) in [4.78, 5) is 0. The van der Waals surface area contributed by atoms with Gasteiger partial charge in [-0.25, -0.2) is 0 Å². The minimum atomic E-state index is -0.625. The zero-order valence-electron chi connectivity index (χ0n) is 5.68. The van der Waals surface area contributed by atoms with Crippen LogP contribution < -0.4 is 5.14 Å². The van der Waals surface area contributed by atoms with Crippen LogP contribution in [0.5, 0.6) is 0 Å². The van der Waals surface area contributed by atoms with Crippen LogP contribution in [0.2, 0.25) is 0 Å². The lowest BCUT2D eigenvalue weighted by molar-refractivity contribution is 1.37. The van der Waals surface area contributed by atoms with Crippen molar-refractivity contribution in [2.75, 3.05) is 12.0 Å². The second-order valence-corrected chi connectivity index (χ2v) is 6.42. The summed E-state index contributed by atoms with van der Waals surface area (Å²) in [6, 6.07) is 0. The lowest BCUT2D eigenvalue weighted by Gasteiger charge is -2.28. The molecule has 8 heavy (non-hydrogen) atoms. The van der Waals surface area contributed by atoms with Crippen LogP contribution in [0.4, 0.5) is 0 Å². The maximum absolute atomic E-state index is 6.00. The van der Waals surface area contributed by atoms with Crippen LogP contribution in [0.1, 0.15) is 19.8 Å². The predicted molar refractivity (Wildman–Crippen MR) is 41.3 cm³/mol. The Morgan fingerprint density at radius 2 is 2.12 bits per heavy atom. The maximum Gasteiger partial charge on any atom is 0.0000630 e. The molecule has 1 fully saturated rings. The smallest absolute Gasteiger partial charge is 0.0000630 e. The van der Waals surface area contributed by atoms with Crippen molar-refractivity contribution in [2.24, 2.45) is 5.14 Å². The predicted octanol–water partition coefficient (Wildman–Crippen LogP) is 1.48. The summed E-state index contributed by atoms with van der Waals surface area (Å²) < 4.78 is 0. The molecule has 0 amide bonds. The van der Waals surface area contributed by atoms with Crippen LogP contribution in [0.25, 0.3) is 0 Å². The van der Waals surface area contributed by atoms with Gasteiger partial charge in [0.2, 0.25) is 0 Å². The third-order valence-electron chi connectivity index (χ3n) is 1.91. The highest BCUT2D eigenvalue weighted by Gasteiger charge is 2.32. The fourth-order valence-corrected chi connectivity index (χ4v) is 2.53. The van der Waals surface area contributed by atoms with Crippen LogP contribution in [0, 0.1) is 0 Å². The van der Waals surface area contributed by atoms with Crippen molar-refractivity contribution < 1.29 is 0 Å². The first-order valence-corrected chi connectivity index (χ1v) is 5.53. The van der Waals surface area contributed by atoms with E-state index in [1.165, 1.54) is 18.6 Å². The Morgan fingerprint density at radius 1 is 1.62 bits per heavy atom. The summed E-state index contributed by atoms with van der Waals surface area (Å²) >= 11 is 0. The zero-order valence-corrected chi connectivity index (χ0v) is 6.50. The van der Waals surface area contributed by atoms with Crippen LogP contribution in [-0.4, -0.2) is 17.3 Å². The van der Waals surface area contributed by atoms with Crippen molar-refractivity contribution in [1.29, 1.82) is 0 Å². The lowest BCUT2D eigenvalue weighted by atomic mass is 11.0. The topological polar surface area (TPSA) is 26.0 Å². The minimum absolute atomic E-state index is 0.625. The Hall–Kier alpha value is 0.310. The molecule has 1 unspecified atom stereocenters. The van der Waals surface area contributed by atoms with Gasteiger partial charge in [0.25, 0.3) is 0 Å². The van der Waals surface area contributed by atoms with Crippen LogP contribution in [0.3, 0.4) is 0 Å². The molecule has 1 saturated carbocycles. The summed E-state index contributed by atoms with van der Waals surface area (Å²) in [7, 11) is -0.625.